The largest absolute Gasteiger partial charge is 0.296 e. The molecule has 1 saturated heterocycles. The first kappa shape index (κ1) is 13.8. The third kappa shape index (κ3) is 2.86. The van der Waals surface area contributed by atoms with Crippen molar-refractivity contribution >= 4 is 11.8 Å². The molecular formula is C16H21NO2. The van der Waals surface area contributed by atoms with Crippen LogP contribution < -0.4 is 5.32 Å². The summed E-state index contributed by atoms with van der Waals surface area (Å²) in [6.07, 6.45) is 2.47. The molecule has 1 aliphatic rings. The zero-order valence-electron chi connectivity index (χ0n) is 11.6. The second kappa shape index (κ2) is 6.00. The second-order valence-corrected chi connectivity index (χ2v) is 5.25. The molecule has 1 aromatic rings. The molecule has 0 saturated carbocycles. The monoisotopic (exact) mass is 259 g/mol. The maximum absolute atomic E-state index is 12.2. The molecule has 0 spiro atoms. The van der Waals surface area contributed by atoms with E-state index in [1.165, 1.54) is 0 Å². The zero-order chi connectivity index (χ0) is 13.8. The smallest absolute Gasteiger partial charge is 0.234 e. The van der Waals surface area contributed by atoms with E-state index in [0.29, 0.717) is 12.3 Å². The van der Waals surface area contributed by atoms with Crippen molar-refractivity contribution in [3.63, 3.8) is 0 Å². The lowest BCUT2D eigenvalue weighted by atomic mass is 9.71. The van der Waals surface area contributed by atoms with Crippen molar-refractivity contribution in [2.45, 2.75) is 39.0 Å². The number of carbonyl (C=O) groups is 2. The highest BCUT2D eigenvalue weighted by Crippen LogP contribution is 2.38. The van der Waals surface area contributed by atoms with Crippen LogP contribution in [0.1, 0.15) is 44.6 Å². The topological polar surface area (TPSA) is 46.2 Å². The number of carbonyl (C=O) groups excluding carboxylic acids is 2. The van der Waals surface area contributed by atoms with Crippen LogP contribution >= 0.6 is 0 Å². The number of rotatable bonds is 4. The molecule has 19 heavy (non-hydrogen) atoms. The van der Waals surface area contributed by atoms with Crippen LogP contribution in [-0.4, -0.2) is 11.8 Å². The highest BCUT2D eigenvalue weighted by atomic mass is 16.2. The van der Waals surface area contributed by atoms with Gasteiger partial charge >= 0.3 is 0 Å². The first-order valence-electron chi connectivity index (χ1n) is 7.06. The van der Waals surface area contributed by atoms with E-state index < -0.39 is 0 Å². The van der Waals surface area contributed by atoms with E-state index in [9.17, 15) is 9.59 Å². The molecule has 0 aromatic heterocycles. The van der Waals surface area contributed by atoms with E-state index in [-0.39, 0.29) is 23.7 Å². The Hall–Kier alpha value is -1.64. The number of benzene rings is 1. The van der Waals surface area contributed by atoms with Crippen LogP contribution in [0.15, 0.2) is 30.3 Å². The number of piperidine rings is 1. The van der Waals surface area contributed by atoms with Crippen LogP contribution in [0.2, 0.25) is 0 Å². The SMILES string of the molecule is CCC(CC)C1CC(=O)NC(=O)C1c1ccccc1. The Kier molecular flexibility index (Phi) is 4.35. The van der Waals surface area contributed by atoms with Gasteiger partial charge in [0, 0.05) is 6.42 Å². The fraction of sp³-hybridized carbons (Fsp3) is 0.500. The summed E-state index contributed by atoms with van der Waals surface area (Å²) >= 11 is 0. The average Bonchev–Trinajstić information content (AvgIpc) is 2.40. The van der Waals surface area contributed by atoms with Crippen molar-refractivity contribution in [3.05, 3.63) is 35.9 Å². The standard InChI is InChI=1S/C16H21NO2/c1-3-11(4-2)13-10-14(18)17-16(19)15(13)12-8-6-5-7-9-12/h5-9,11,13,15H,3-4,10H2,1-2H3,(H,17,18,19). The Bertz CT molecular complexity index is 451. The van der Waals surface area contributed by atoms with Gasteiger partial charge in [-0.2, -0.15) is 0 Å². The molecular weight excluding hydrogens is 238 g/mol. The van der Waals surface area contributed by atoms with E-state index >= 15 is 0 Å². The molecule has 2 amide bonds. The number of nitrogens with one attached hydrogen (secondary N) is 1. The highest BCUT2D eigenvalue weighted by Gasteiger charge is 2.39. The van der Waals surface area contributed by atoms with Crippen LogP contribution in [0.5, 0.6) is 0 Å². The summed E-state index contributed by atoms with van der Waals surface area (Å²) in [6.45, 7) is 4.26. The second-order valence-electron chi connectivity index (χ2n) is 5.25. The quantitative estimate of drug-likeness (QED) is 0.845. The van der Waals surface area contributed by atoms with Gasteiger partial charge in [-0.25, -0.2) is 0 Å². The third-order valence-electron chi connectivity index (χ3n) is 4.21. The van der Waals surface area contributed by atoms with Gasteiger partial charge in [-0.05, 0) is 17.4 Å². The van der Waals surface area contributed by atoms with Crippen molar-refractivity contribution in [3.8, 4) is 0 Å². The molecule has 2 rings (SSSR count). The average molecular weight is 259 g/mol. The van der Waals surface area contributed by atoms with Crippen molar-refractivity contribution in [1.82, 2.24) is 5.32 Å². The Morgan fingerprint density at radius 3 is 2.37 bits per heavy atom. The number of hydrogen-bond acceptors (Lipinski definition) is 2. The van der Waals surface area contributed by atoms with Crippen LogP contribution in [0.3, 0.4) is 0 Å². The van der Waals surface area contributed by atoms with E-state index in [2.05, 4.69) is 19.2 Å². The van der Waals surface area contributed by atoms with E-state index in [4.69, 9.17) is 0 Å². The molecule has 3 nitrogen and oxygen atoms in total. The molecule has 1 heterocycles. The maximum Gasteiger partial charge on any atom is 0.234 e. The van der Waals surface area contributed by atoms with Gasteiger partial charge in [0.15, 0.2) is 0 Å². The van der Waals surface area contributed by atoms with Crippen LogP contribution in [-0.2, 0) is 9.59 Å². The predicted octanol–water partition coefficient (Wildman–Crippen LogP) is 2.87. The van der Waals surface area contributed by atoms with E-state index in [1.807, 2.05) is 30.3 Å². The van der Waals surface area contributed by atoms with Gasteiger partial charge in [-0.1, -0.05) is 57.0 Å². The van der Waals surface area contributed by atoms with Crippen LogP contribution in [0.4, 0.5) is 0 Å². The van der Waals surface area contributed by atoms with Crippen molar-refractivity contribution in [1.29, 1.82) is 0 Å². The Labute approximate surface area is 114 Å². The van der Waals surface area contributed by atoms with Crippen LogP contribution in [0.25, 0.3) is 0 Å². The molecule has 1 N–H and O–H groups in total. The minimum atomic E-state index is -0.191. The zero-order valence-corrected chi connectivity index (χ0v) is 11.6. The summed E-state index contributed by atoms with van der Waals surface area (Å²) in [5, 5.41) is 2.48. The fourth-order valence-corrected chi connectivity index (χ4v) is 3.18. The number of amides is 2. The lowest BCUT2D eigenvalue weighted by Gasteiger charge is -2.35. The number of imide groups is 1. The molecule has 1 aromatic carbocycles. The summed E-state index contributed by atoms with van der Waals surface area (Å²) in [7, 11) is 0. The third-order valence-corrected chi connectivity index (χ3v) is 4.21. The summed E-state index contributed by atoms with van der Waals surface area (Å²) in [4.78, 5) is 23.9. The summed E-state index contributed by atoms with van der Waals surface area (Å²) in [5.74, 6) is 0.0797. The minimum absolute atomic E-state index is 0.124. The van der Waals surface area contributed by atoms with Crippen molar-refractivity contribution in [2.75, 3.05) is 0 Å². The number of hydrogen-bond donors (Lipinski definition) is 1. The molecule has 2 atom stereocenters. The normalized spacial score (nSPS) is 23.5. The van der Waals surface area contributed by atoms with Gasteiger partial charge in [0.1, 0.15) is 0 Å². The van der Waals surface area contributed by atoms with Gasteiger partial charge in [0.05, 0.1) is 5.92 Å². The summed E-state index contributed by atoms with van der Waals surface area (Å²) in [6, 6.07) is 9.80. The Morgan fingerprint density at radius 1 is 1.16 bits per heavy atom. The highest BCUT2D eigenvalue weighted by molar-refractivity contribution is 6.01. The predicted molar refractivity (Wildman–Crippen MR) is 74.5 cm³/mol. The Morgan fingerprint density at radius 2 is 1.79 bits per heavy atom. The van der Waals surface area contributed by atoms with Gasteiger partial charge in [-0.3, -0.25) is 14.9 Å². The van der Waals surface area contributed by atoms with Gasteiger partial charge < -0.3 is 0 Å². The van der Waals surface area contributed by atoms with E-state index in [0.717, 1.165) is 18.4 Å². The molecule has 0 aliphatic carbocycles. The summed E-state index contributed by atoms with van der Waals surface area (Å²) in [5.41, 5.74) is 1.02. The maximum atomic E-state index is 12.2. The molecule has 0 radical (unpaired) electrons. The molecule has 0 bridgehead atoms. The molecule has 3 heteroatoms. The van der Waals surface area contributed by atoms with Crippen LogP contribution in [0, 0.1) is 11.8 Å². The fourth-order valence-electron chi connectivity index (χ4n) is 3.18. The van der Waals surface area contributed by atoms with Crippen molar-refractivity contribution in [2.24, 2.45) is 11.8 Å². The molecule has 1 aliphatic heterocycles. The first-order valence-corrected chi connectivity index (χ1v) is 7.06. The lowest BCUT2D eigenvalue weighted by molar-refractivity contribution is -0.137. The van der Waals surface area contributed by atoms with Crippen molar-refractivity contribution < 1.29 is 9.59 Å². The molecule has 102 valence electrons. The van der Waals surface area contributed by atoms with Gasteiger partial charge in [0.25, 0.3) is 0 Å². The Balaban J connectivity index is 2.35. The van der Waals surface area contributed by atoms with Gasteiger partial charge in [-0.15, -0.1) is 0 Å². The lowest BCUT2D eigenvalue weighted by Crippen LogP contribution is -2.46. The first-order chi connectivity index (χ1) is 9.17. The van der Waals surface area contributed by atoms with Gasteiger partial charge in [0.2, 0.25) is 11.8 Å². The summed E-state index contributed by atoms with van der Waals surface area (Å²) < 4.78 is 0. The minimum Gasteiger partial charge on any atom is -0.296 e. The van der Waals surface area contributed by atoms with E-state index in [1.54, 1.807) is 0 Å². The molecule has 2 unspecified atom stereocenters. The molecule has 1 fully saturated rings.